The Morgan fingerprint density at radius 2 is 2.12 bits per heavy atom. The summed E-state index contributed by atoms with van der Waals surface area (Å²) in [5.74, 6) is 1.34. The molecule has 0 bridgehead atoms. The second-order valence-electron chi connectivity index (χ2n) is 6.53. The zero-order chi connectivity index (χ0) is 17.3. The maximum atomic E-state index is 12.6. The lowest BCUT2D eigenvalue weighted by molar-refractivity contribution is 0.0610. The second-order valence-corrected chi connectivity index (χ2v) is 6.53. The van der Waals surface area contributed by atoms with Gasteiger partial charge in [0.05, 0.1) is 6.26 Å². The summed E-state index contributed by atoms with van der Waals surface area (Å²) in [7, 11) is 0. The quantitative estimate of drug-likeness (QED) is 0.730. The lowest BCUT2D eigenvalue weighted by atomic mass is 9.81. The largest absolute Gasteiger partial charge is 0.459 e. The highest BCUT2D eigenvalue weighted by molar-refractivity contribution is 5.91. The van der Waals surface area contributed by atoms with Gasteiger partial charge in [0.2, 0.25) is 0 Å². The van der Waals surface area contributed by atoms with Gasteiger partial charge in [0, 0.05) is 36.5 Å². The highest BCUT2D eigenvalue weighted by Crippen LogP contribution is 2.33. The lowest BCUT2D eigenvalue weighted by Crippen LogP contribution is -2.47. The first-order chi connectivity index (χ1) is 12.2. The van der Waals surface area contributed by atoms with Gasteiger partial charge in [-0.25, -0.2) is 0 Å². The zero-order valence-electron chi connectivity index (χ0n) is 13.9. The van der Waals surface area contributed by atoms with Gasteiger partial charge in [-0.3, -0.25) is 9.78 Å². The fourth-order valence-corrected chi connectivity index (χ4v) is 3.23. The van der Waals surface area contributed by atoms with E-state index in [4.69, 9.17) is 8.94 Å². The summed E-state index contributed by atoms with van der Waals surface area (Å²) in [6.07, 6.45) is 6.65. The van der Waals surface area contributed by atoms with Crippen molar-refractivity contribution in [2.24, 2.45) is 0 Å². The number of likely N-dealkylation sites (tertiary alicyclic amines) is 1. The number of amides is 1. The van der Waals surface area contributed by atoms with Gasteiger partial charge in [-0.2, -0.15) is 4.98 Å². The van der Waals surface area contributed by atoms with Gasteiger partial charge < -0.3 is 13.8 Å². The van der Waals surface area contributed by atoms with Crippen molar-refractivity contribution < 1.29 is 13.7 Å². The van der Waals surface area contributed by atoms with Crippen molar-refractivity contribution in [2.45, 2.75) is 25.2 Å². The van der Waals surface area contributed by atoms with E-state index in [1.54, 1.807) is 29.4 Å². The van der Waals surface area contributed by atoms with Crippen molar-refractivity contribution in [1.29, 1.82) is 0 Å². The fourth-order valence-electron chi connectivity index (χ4n) is 3.23. The summed E-state index contributed by atoms with van der Waals surface area (Å²) in [4.78, 5) is 22.9. The number of furan rings is 1. The summed E-state index contributed by atoms with van der Waals surface area (Å²) in [5.41, 5.74) is 0.478. The first kappa shape index (κ1) is 15.6. The zero-order valence-corrected chi connectivity index (χ0v) is 13.9. The Balaban J connectivity index is 1.57. The lowest BCUT2D eigenvalue weighted by Gasteiger charge is -2.38. The predicted molar refractivity (Wildman–Crippen MR) is 88.7 cm³/mol. The summed E-state index contributed by atoms with van der Waals surface area (Å²) in [6.45, 7) is 3.29. The van der Waals surface area contributed by atoms with Crippen molar-refractivity contribution in [2.75, 3.05) is 13.1 Å². The highest BCUT2D eigenvalue weighted by atomic mass is 16.5. The third-order valence-corrected chi connectivity index (χ3v) is 4.61. The summed E-state index contributed by atoms with van der Waals surface area (Å²) in [6, 6.07) is 7.06. The predicted octanol–water partition coefficient (Wildman–Crippen LogP) is 2.92. The van der Waals surface area contributed by atoms with Crippen LogP contribution < -0.4 is 0 Å². The molecule has 1 amide bonds. The van der Waals surface area contributed by atoms with Crippen LogP contribution in [0.5, 0.6) is 0 Å². The average Bonchev–Trinajstić information content (AvgIpc) is 3.34. The summed E-state index contributed by atoms with van der Waals surface area (Å²) < 4.78 is 10.7. The molecule has 1 fully saturated rings. The van der Waals surface area contributed by atoms with Crippen LogP contribution in [0.25, 0.3) is 11.5 Å². The van der Waals surface area contributed by atoms with Gasteiger partial charge >= 0.3 is 0 Å². The smallest absolute Gasteiger partial charge is 0.289 e. The molecule has 3 aromatic rings. The Bertz CT molecular complexity index is 860. The molecule has 0 aromatic carbocycles. The standard InChI is InChI=1S/C18H18N4O3/c1-18(17-20-15(25-21-17)13-5-8-19-9-6-13)7-3-10-22(12-18)16(23)14-4-2-11-24-14/h2,4-6,8-9,11H,3,7,10,12H2,1H3. The molecule has 25 heavy (non-hydrogen) atoms. The van der Waals surface area contributed by atoms with Crippen LogP contribution in [0.4, 0.5) is 0 Å². The van der Waals surface area contributed by atoms with Crippen LogP contribution in [0, 0.1) is 0 Å². The van der Waals surface area contributed by atoms with Crippen LogP contribution in [0.3, 0.4) is 0 Å². The average molecular weight is 338 g/mol. The van der Waals surface area contributed by atoms with Crippen molar-refractivity contribution in [3.8, 4) is 11.5 Å². The number of hydrogen-bond donors (Lipinski definition) is 0. The van der Waals surface area contributed by atoms with Crippen LogP contribution in [0.1, 0.15) is 36.1 Å². The van der Waals surface area contributed by atoms with Gasteiger partial charge in [0.1, 0.15) is 0 Å². The molecule has 0 aliphatic carbocycles. The number of nitrogens with zero attached hydrogens (tertiary/aromatic N) is 4. The van der Waals surface area contributed by atoms with Crippen LogP contribution in [0.15, 0.2) is 51.9 Å². The second kappa shape index (κ2) is 6.16. The Morgan fingerprint density at radius 3 is 2.88 bits per heavy atom. The molecular formula is C18H18N4O3. The summed E-state index contributed by atoms with van der Waals surface area (Å²) >= 11 is 0. The number of rotatable bonds is 3. The fraction of sp³-hybridized carbons (Fsp3) is 0.333. The third kappa shape index (κ3) is 2.93. The van der Waals surface area contributed by atoms with Crippen LogP contribution in [0.2, 0.25) is 0 Å². The molecule has 128 valence electrons. The minimum atomic E-state index is -0.352. The number of pyridine rings is 1. The molecule has 7 nitrogen and oxygen atoms in total. The van der Waals surface area contributed by atoms with Crippen LogP contribution >= 0.6 is 0 Å². The van der Waals surface area contributed by atoms with E-state index in [9.17, 15) is 4.79 Å². The minimum absolute atomic E-state index is 0.103. The van der Waals surface area contributed by atoms with E-state index in [0.29, 0.717) is 30.6 Å². The molecule has 0 saturated carbocycles. The van der Waals surface area contributed by atoms with E-state index < -0.39 is 0 Å². The molecule has 3 aromatic heterocycles. The number of piperidine rings is 1. The van der Waals surface area contributed by atoms with Gasteiger partial charge in [-0.15, -0.1) is 0 Å². The molecule has 1 unspecified atom stereocenters. The Labute approximate surface area is 144 Å². The molecule has 4 rings (SSSR count). The Hall–Kier alpha value is -2.96. The van der Waals surface area contributed by atoms with E-state index in [-0.39, 0.29) is 11.3 Å². The van der Waals surface area contributed by atoms with Crippen LogP contribution in [-0.2, 0) is 5.41 Å². The normalized spacial score (nSPS) is 20.6. The van der Waals surface area contributed by atoms with Gasteiger partial charge in [0.25, 0.3) is 11.8 Å². The number of carbonyl (C=O) groups excluding carboxylic acids is 1. The van der Waals surface area contributed by atoms with Crippen LogP contribution in [-0.4, -0.2) is 39.0 Å². The molecule has 1 aliphatic rings. The monoisotopic (exact) mass is 338 g/mol. The topological polar surface area (TPSA) is 85.3 Å². The first-order valence-electron chi connectivity index (χ1n) is 8.23. The molecule has 1 aliphatic heterocycles. The molecule has 1 saturated heterocycles. The van der Waals surface area contributed by atoms with E-state index in [1.165, 1.54) is 6.26 Å². The highest BCUT2D eigenvalue weighted by Gasteiger charge is 2.39. The van der Waals surface area contributed by atoms with Crippen molar-refractivity contribution >= 4 is 5.91 Å². The molecule has 0 radical (unpaired) electrons. The van der Waals surface area contributed by atoms with Crippen molar-refractivity contribution in [3.63, 3.8) is 0 Å². The number of carbonyl (C=O) groups is 1. The molecule has 0 spiro atoms. The van der Waals surface area contributed by atoms with Crippen molar-refractivity contribution in [1.82, 2.24) is 20.0 Å². The molecule has 1 atom stereocenters. The third-order valence-electron chi connectivity index (χ3n) is 4.61. The maximum absolute atomic E-state index is 12.6. The summed E-state index contributed by atoms with van der Waals surface area (Å²) in [5, 5.41) is 4.18. The van der Waals surface area contributed by atoms with Crippen molar-refractivity contribution in [3.05, 3.63) is 54.5 Å². The Kier molecular flexibility index (Phi) is 3.83. The van der Waals surface area contributed by atoms with E-state index in [1.807, 2.05) is 12.1 Å². The number of hydrogen-bond acceptors (Lipinski definition) is 6. The van der Waals surface area contributed by atoms with Gasteiger partial charge in [0.15, 0.2) is 11.6 Å². The molecule has 0 N–H and O–H groups in total. The first-order valence-corrected chi connectivity index (χ1v) is 8.23. The SMILES string of the molecule is CC1(c2noc(-c3ccncc3)n2)CCCN(C(=O)c2ccco2)C1. The van der Waals surface area contributed by atoms with E-state index >= 15 is 0 Å². The molecule has 4 heterocycles. The minimum Gasteiger partial charge on any atom is -0.459 e. The van der Waals surface area contributed by atoms with E-state index in [2.05, 4.69) is 22.0 Å². The Morgan fingerprint density at radius 1 is 1.28 bits per heavy atom. The molecule has 7 heteroatoms. The maximum Gasteiger partial charge on any atom is 0.289 e. The molecular weight excluding hydrogens is 320 g/mol. The van der Waals surface area contributed by atoms with Gasteiger partial charge in [-0.05, 0) is 37.1 Å². The number of aromatic nitrogens is 3. The van der Waals surface area contributed by atoms with Gasteiger partial charge in [-0.1, -0.05) is 12.1 Å². The van der Waals surface area contributed by atoms with E-state index in [0.717, 1.165) is 18.4 Å².